The van der Waals surface area contributed by atoms with E-state index in [1.807, 2.05) is 54.6 Å². The number of ether oxygens (including phenoxy) is 5. The van der Waals surface area contributed by atoms with E-state index in [-0.39, 0.29) is 0 Å². The smallest absolute Gasteiger partial charge is 0.161 e. The summed E-state index contributed by atoms with van der Waals surface area (Å²) in [5.74, 6) is 1.37. The van der Waals surface area contributed by atoms with Crippen LogP contribution < -0.4 is 9.47 Å². The molecule has 0 unspecified atom stereocenters. The standard InChI is InChI=1S/C25H27NO5/c1-2-4-23-21(3-1)7-9-22(26-23)8-5-20-6-10-24-25(19-20)31-18-16-29-14-12-27-11-13-28-15-17-30-24/h1-10,19H,11-18H2/b8-5-. The van der Waals surface area contributed by atoms with Gasteiger partial charge in [0.2, 0.25) is 0 Å². The minimum Gasteiger partial charge on any atom is -0.487 e. The van der Waals surface area contributed by atoms with E-state index in [9.17, 15) is 0 Å². The molecule has 0 spiro atoms. The third-order valence-electron chi connectivity index (χ3n) is 4.75. The van der Waals surface area contributed by atoms with Gasteiger partial charge >= 0.3 is 0 Å². The van der Waals surface area contributed by atoms with E-state index >= 15 is 0 Å². The van der Waals surface area contributed by atoms with Crippen LogP contribution in [0.25, 0.3) is 23.1 Å². The van der Waals surface area contributed by atoms with E-state index in [1.165, 1.54) is 0 Å². The molecule has 0 amide bonds. The van der Waals surface area contributed by atoms with Gasteiger partial charge in [-0.2, -0.15) is 0 Å². The first-order valence-electron chi connectivity index (χ1n) is 10.6. The second kappa shape index (κ2) is 11.5. The molecule has 31 heavy (non-hydrogen) atoms. The lowest BCUT2D eigenvalue weighted by molar-refractivity contribution is 0.00708. The van der Waals surface area contributed by atoms with Crippen LogP contribution in [0, 0.1) is 0 Å². The molecule has 6 nitrogen and oxygen atoms in total. The molecule has 4 rings (SSSR count). The molecule has 0 N–H and O–H groups in total. The Balaban J connectivity index is 1.47. The minimum absolute atomic E-state index is 0.437. The second-order valence-electron chi connectivity index (χ2n) is 7.00. The Kier molecular flexibility index (Phi) is 7.88. The molecular weight excluding hydrogens is 394 g/mol. The number of hydrogen-bond donors (Lipinski definition) is 0. The minimum atomic E-state index is 0.437. The van der Waals surface area contributed by atoms with Gasteiger partial charge < -0.3 is 23.7 Å². The van der Waals surface area contributed by atoms with E-state index in [4.69, 9.17) is 23.7 Å². The van der Waals surface area contributed by atoms with Crippen LogP contribution in [0.2, 0.25) is 0 Å². The van der Waals surface area contributed by atoms with Crippen molar-refractivity contribution in [2.24, 2.45) is 0 Å². The molecular formula is C25H27NO5. The average molecular weight is 421 g/mol. The molecule has 2 heterocycles. The molecule has 0 fully saturated rings. The summed E-state index contributed by atoms with van der Waals surface area (Å²) in [6.45, 7) is 4.05. The summed E-state index contributed by atoms with van der Waals surface area (Å²) in [5.41, 5.74) is 2.88. The third kappa shape index (κ3) is 6.52. The fourth-order valence-electron chi connectivity index (χ4n) is 3.18. The van der Waals surface area contributed by atoms with Crippen molar-refractivity contribution >= 4 is 23.1 Å². The number of hydrogen-bond acceptors (Lipinski definition) is 6. The van der Waals surface area contributed by atoms with Crippen molar-refractivity contribution in [3.05, 3.63) is 65.9 Å². The molecule has 1 aliphatic rings. The predicted octanol–water partition coefficient (Wildman–Crippen LogP) is 4.23. The van der Waals surface area contributed by atoms with E-state index < -0.39 is 0 Å². The van der Waals surface area contributed by atoms with Crippen molar-refractivity contribution in [1.29, 1.82) is 0 Å². The molecule has 1 aliphatic heterocycles. The van der Waals surface area contributed by atoms with Gasteiger partial charge in [0, 0.05) is 5.39 Å². The highest BCUT2D eigenvalue weighted by Gasteiger charge is 2.07. The summed E-state index contributed by atoms with van der Waals surface area (Å²) in [5, 5.41) is 1.13. The summed E-state index contributed by atoms with van der Waals surface area (Å²) in [4.78, 5) is 4.69. The van der Waals surface area contributed by atoms with Crippen LogP contribution >= 0.6 is 0 Å². The summed E-state index contributed by atoms with van der Waals surface area (Å²) in [6, 6.07) is 18.1. The van der Waals surface area contributed by atoms with Crippen molar-refractivity contribution < 1.29 is 23.7 Å². The lowest BCUT2D eigenvalue weighted by Crippen LogP contribution is -2.13. The fraction of sp³-hybridized carbons (Fsp3) is 0.320. The summed E-state index contributed by atoms with van der Waals surface area (Å²) < 4.78 is 28.3. The molecule has 0 atom stereocenters. The fourth-order valence-corrected chi connectivity index (χ4v) is 3.18. The van der Waals surface area contributed by atoms with Gasteiger partial charge in [-0.05, 0) is 35.9 Å². The molecule has 1 aromatic heterocycles. The molecule has 3 aromatic rings. The Morgan fingerprint density at radius 2 is 1.29 bits per heavy atom. The zero-order valence-electron chi connectivity index (χ0n) is 17.5. The molecule has 2 aromatic carbocycles. The van der Waals surface area contributed by atoms with Crippen LogP contribution in [-0.4, -0.2) is 57.8 Å². The maximum Gasteiger partial charge on any atom is 0.161 e. The number of fused-ring (bicyclic) bond motifs is 2. The summed E-state index contributed by atoms with van der Waals surface area (Å²) in [6.07, 6.45) is 4.02. The number of nitrogens with zero attached hydrogens (tertiary/aromatic N) is 1. The van der Waals surface area contributed by atoms with E-state index in [0.29, 0.717) is 64.4 Å². The van der Waals surface area contributed by atoms with Gasteiger partial charge in [0.15, 0.2) is 11.5 Å². The van der Waals surface area contributed by atoms with Crippen molar-refractivity contribution in [2.45, 2.75) is 0 Å². The van der Waals surface area contributed by atoms with Crippen LogP contribution in [0.5, 0.6) is 11.5 Å². The molecule has 0 saturated heterocycles. The topological polar surface area (TPSA) is 59.0 Å². The number of benzene rings is 2. The molecule has 0 aliphatic carbocycles. The van der Waals surface area contributed by atoms with Crippen LogP contribution in [-0.2, 0) is 14.2 Å². The third-order valence-corrected chi connectivity index (χ3v) is 4.75. The zero-order valence-corrected chi connectivity index (χ0v) is 17.5. The number of pyridine rings is 1. The van der Waals surface area contributed by atoms with Crippen LogP contribution in [0.15, 0.2) is 54.6 Å². The second-order valence-corrected chi connectivity index (χ2v) is 7.00. The number of aromatic nitrogens is 1. The number of rotatable bonds is 2. The van der Waals surface area contributed by atoms with Gasteiger partial charge in [0.25, 0.3) is 0 Å². The average Bonchev–Trinajstić information content (AvgIpc) is 2.82. The summed E-state index contributed by atoms with van der Waals surface area (Å²) >= 11 is 0. The van der Waals surface area contributed by atoms with E-state index in [2.05, 4.69) is 17.1 Å². The van der Waals surface area contributed by atoms with Crippen LogP contribution in [0.1, 0.15) is 11.3 Å². The van der Waals surface area contributed by atoms with Crippen molar-refractivity contribution in [1.82, 2.24) is 4.98 Å². The first-order valence-corrected chi connectivity index (χ1v) is 10.6. The maximum atomic E-state index is 5.93. The van der Waals surface area contributed by atoms with Gasteiger partial charge in [-0.3, -0.25) is 0 Å². The highest BCUT2D eigenvalue weighted by atomic mass is 16.6. The van der Waals surface area contributed by atoms with Gasteiger partial charge in [-0.25, -0.2) is 4.98 Å². The molecule has 0 radical (unpaired) electrons. The SMILES string of the molecule is C(=C/c1ccc2ccccc2n1)/c1ccc2c(c1)OCCOCCOCCOCCO2. The molecule has 0 bridgehead atoms. The number of para-hydroxylation sites is 1. The molecule has 0 saturated carbocycles. The highest BCUT2D eigenvalue weighted by Crippen LogP contribution is 2.29. The Bertz CT molecular complexity index is 1000. The van der Waals surface area contributed by atoms with Crippen molar-refractivity contribution in [3.8, 4) is 11.5 Å². The maximum absolute atomic E-state index is 5.93. The Morgan fingerprint density at radius 1 is 0.613 bits per heavy atom. The van der Waals surface area contributed by atoms with E-state index in [0.717, 1.165) is 22.2 Å². The largest absolute Gasteiger partial charge is 0.487 e. The van der Waals surface area contributed by atoms with E-state index in [1.54, 1.807) is 0 Å². The van der Waals surface area contributed by atoms with Crippen molar-refractivity contribution in [3.63, 3.8) is 0 Å². The quantitative estimate of drug-likeness (QED) is 0.617. The normalized spacial score (nSPS) is 16.6. The predicted molar refractivity (Wildman–Crippen MR) is 121 cm³/mol. The van der Waals surface area contributed by atoms with Gasteiger partial charge in [-0.1, -0.05) is 36.4 Å². The molecule has 162 valence electrons. The van der Waals surface area contributed by atoms with Crippen molar-refractivity contribution in [2.75, 3.05) is 52.9 Å². The lowest BCUT2D eigenvalue weighted by Gasteiger charge is -2.13. The van der Waals surface area contributed by atoms with Gasteiger partial charge in [0.1, 0.15) is 13.2 Å². The van der Waals surface area contributed by atoms with Crippen LogP contribution in [0.4, 0.5) is 0 Å². The Labute approximate surface area is 182 Å². The summed E-state index contributed by atoms with van der Waals surface area (Å²) in [7, 11) is 0. The first-order chi connectivity index (χ1) is 15.4. The molecule has 6 heteroatoms. The highest BCUT2D eigenvalue weighted by molar-refractivity contribution is 5.80. The van der Waals surface area contributed by atoms with Crippen LogP contribution in [0.3, 0.4) is 0 Å². The van der Waals surface area contributed by atoms with Gasteiger partial charge in [-0.15, -0.1) is 0 Å². The Hall–Kier alpha value is -2.93. The Morgan fingerprint density at radius 3 is 2.06 bits per heavy atom. The lowest BCUT2D eigenvalue weighted by atomic mass is 10.1. The zero-order chi connectivity index (χ0) is 21.1. The monoisotopic (exact) mass is 421 g/mol. The van der Waals surface area contributed by atoms with Gasteiger partial charge in [0.05, 0.1) is 50.9 Å². The first kappa shape index (κ1) is 21.3.